The topological polar surface area (TPSA) is 109 Å². The molecule has 9 heteroatoms. The molecule has 0 atom stereocenters. The molecule has 3 aromatic rings. The molecule has 2 aliphatic carbocycles. The van der Waals surface area contributed by atoms with Crippen LogP contribution in [0, 0.1) is 6.92 Å². The number of furan rings is 1. The lowest BCUT2D eigenvalue weighted by molar-refractivity contribution is 0.0732. The van der Waals surface area contributed by atoms with Gasteiger partial charge in [0.1, 0.15) is 30.1 Å². The largest absolute Gasteiger partial charge is 0.445 e. The second kappa shape index (κ2) is 6.63. The molecule has 2 fully saturated rings. The van der Waals surface area contributed by atoms with Crippen molar-refractivity contribution >= 4 is 28.6 Å². The number of amides is 1. The summed E-state index contributed by atoms with van der Waals surface area (Å²) in [4.78, 5) is 33.3. The highest BCUT2D eigenvalue weighted by atomic mass is 16.3. The third-order valence-electron chi connectivity index (χ3n) is 6.91. The minimum atomic E-state index is -0.0897. The fourth-order valence-electron chi connectivity index (χ4n) is 4.30. The summed E-state index contributed by atoms with van der Waals surface area (Å²) in [5.41, 5.74) is 3.11. The molecule has 6 rings (SSSR count). The Bertz CT molecular complexity index is 1240. The Morgan fingerprint density at radius 1 is 1.06 bits per heavy atom. The Morgan fingerprint density at radius 2 is 1.78 bits per heavy atom. The first-order valence-corrected chi connectivity index (χ1v) is 11.3. The number of hydrogen-bond donors (Lipinski definition) is 2. The zero-order chi connectivity index (χ0) is 22.1. The summed E-state index contributed by atoms with van der Waals surface area (Å²) in [6, 6.07) is 0. The van der Waals surface area contributed by atoms with Crippen LogP contribution in [0.2, 0.25) is 0 Å². The van der Waals surface area contributed by atoms with E-state index in [4.69, 9.17) is 4.42 Å². The number of anilines is 2. The van der Waals surface area contributed by atoms with Crippen LogP contribution in [0.1, 0.15) is 67.0 Å². The molecule has 0 unspecified atom stereocenters. The molecular weight excluding hydrogens is 406 g/mol. The summed E-state index contributed by atoms with van der Waals surface area (Å²) >= 11 is 0. The van der Waals surface area contributed by atoms with Crippen LogP contribution in [0.4, 0.5) is 11.6 Å². The van der Waals surface area contributed by atoms with Gasteiger partial charge >= 0.3 is 0 Å². The molecule has 0 saturated heterocycles. The highest BCUT2D eigenvalue weighted by molar-refractivity contribution is 6.09. The van der Waals surface area contributed by atoms with Crippen molar-refractivity contribution in [3.8, 4) is 0 Å². The molecule has 166 valence electrons. The standard InChI is InChI=1S/C23H27N7O2/c1-13-26-19(29-23(3)7-8-23)17-15(11-32-20(17)27-13)21(31)30-9-4-14-16(10-30)24-12-25-18(14)28-22(2)5-6-22/h11-12H,4-10H2,1-3H3,(H,24,25,28)(H,26,27,29). The van der Waals surface area contributed by atoms with E-state index in [1.54, 1.807) is 6.33 Å². The van der Waals surface area contributed by atoms with Crippen molar-refractivity contribution in [2.24, 2.45) is 0 Å². The molecular formula is C23H27N7O2. The number of nitrogens with zero attached hydrogens (tertiary/aromatic N) is 5. The minimum Gasteiger partial charge on any atom is -0.445 e. The lowest BCUT2D eigenvalue weighted by Crippen LogP contribution is -2.37. The van der Waals surface area contributed by atoms with Crippen LogP contribution in [-0.4, -0.2) is 48.4 Å². The van der Waals surface area contributed by atoms with Gasteiger partial charge in [0.25, 0.3) is 5.91 Å². The molecule has 0 spiro atoms. The quantitative estimate of drug-likeness (QED) is 0.630. The van der Waals surface area contributed by atoms with E-state index in [0.29, 0.717) is 41.4 Å². The lowest BCUT2D eigenvalue weighted by Gasteiger charge is -2.29. The summed E-state index contributed by atoms with van der Waals surface area (Å²) in [5, 5.41) is 7.72. The predicted octanol–water partition coefficient (Wildman–Crippen LogP) is 3.45. The van der Waals surface area contributed by atoms with E-state index in [9.17, 15) is 4.79 Å². The van der Waals surface area contributed by atoms with Gasteiger partial charge in [-0.25, -0.2) is 15.0 Å². The van der Waals surface area contributed by atoms with Crippen LogP contribution in [0.25, 0.3) is 11.1 Å². The third kappa shape index (κ3) is 3.36. The maximum Gasteiger partial charge on any atom is 0.258 e. The van der Waals surface area contributed by atoms with E-state index in [1.807, 2.05) is 11.8 Å². The first-order valence-electron chi connectivity index (χ1n) is 11.3. The molecule has 0 bridgehead atoms. The van der Waals surface area contributed by atoms with Gasteiger partial charge in [0.05, 0.1) is 23.2 Å². The van der Waals surface area contributed by atoms with Gasteiger partial charge in [-0.2, -0.15) is 4.98 Å². The van der Waals surface area contributed by atoms with E-state index in [0.717, 1.165) is 49.2 Å². The molecule has 3 aromatic heterocycles. The smallest absolute Gasteiger partial charge is 0.258 e. The average Bonchev–Trinajstić information content (AvgIpc) is 3.63. The fourth-order valence-corrected chi connectivity index (χ4v) is 4.30. The molecule has 1 aliphatic heterocycles. The molecule has 4 heterocycles. The lowest BCUT2D eigenvalue weighted by atomic mass is 10.0. The van der Waals surface area contributed by atoms with Crippen molar-refractivity contribution < 1.29 is 9.21 Å². The number of aromatic nitrogens is 4. The van der Waals surface area contributed by atoms with Crippen LogP contribution in [-0.2, 0) is 13.0 Å². The maximum absolute atomic E-state index is 13.6. The summed E-state index contributed by atoms with van der Waals surface area (Å²) in [6.07, 6.45) is 8.28. The van der Waals surface area contributed by atoms with Gasteiger partial charge in [0.2, 0.25) is 5.71 Å². The summed E-state index contributed by atoms with van der Waals surface area (Å²) in [5.74, 6) is 2.11. The normalized spacial score (nSPS) is 20.0. The highest BCUT2D eigenvalue weighted by Gasteiger charge is 2.40. The molecule has 9 nitrogen and oxygen atoms in total. The Hall–Kier alpha value is -3.23. The van der Waals surface area contributed by atoms with Crippen molar-refractivity contribution in [2.75, 3.05) is 17.2 Å². The van der Waals surface area contributed by atoms with Crippen LogP contribution >= 0.6 is 0 Å². The zero-order valence-electron chi connectivity index (χ0n) is 18.7. The van der Waals surface area contributed by atoms with Gasteiger partial charge in [-0.15, -0.1) is 0 Å². The van der Waals surface area contributed by atoms with E-state index in [-0.39, 0.29) is 17.0 Å². The molecule has 0 aromatic carbocycles. The van der Waals surface area contributed by atoms with Crippen molar-refractivity contribution in [1.29, 1.82) is 0 Å². The van der Waals surface area contributed by atoms with Gasteiger partial charge in [-0.1, -0.05) is 0 Å². The predicted molar refractivity (Wildman–Crippen MR) is 120 cm³/mol. The number of carbonyl (C=O) groups excluding carboxylic acids is 1. The Balaban J connectivity index is 1.30. The molecule has 0 radical (unpaired) electrons. The number of aryl methyl sites for hydroxylation is 1. The summed E-state index contributed by atoms with van der Waals surface area (Å²) in [6.45, 7) is 7.25. The summed E-state index contributed by atoms with van der Waals surface area (Å²) in [7, 11) is 0. The molecule has 1 amide bonds. The molecule has 2 saturated carbocycles. The van der Waals surface area contributed by atoms with Crippen LogP contribution in [0.3, 0.4) is 0 Å². The van der Waals surface area contributed by atoms with Crippen LogP contribution < -0.4 is 10.6 Å². The Kier molecular flexibility index (Phi) is 4.03. The minimum absolute atomic E-state index is 0.0217. The van der Waals surface area contributed by atoms with E-state index in [1.165, 1.54) is 6.26 Å². The van der Waals surface area contributed by atoms with E-state index < -0.39 is 0 Å². The average molecular weight is 434 g/mol. The first kappa shape index (κ1) is 19.5. The van der Waals surface area contributed by atoms with Crippen LogP contribution in [0.15, 0.2) is 17.0 Å². The van der Waals surface area contributed by atoms with Gasteiger partial charge in [0, 0.05) is 23.2 Å². The van der Waals surface area contributed by atoms with E-state index in [2.05, 4.69) is 44.4 Å². The fraction of sp³-hybridized carbons (Fsp3) is 0.522. The maximum atomic E-state index is 13.6. The van der Waals surface area contributed by atoms with Crippen LogP contribution in [0.5, 0.6) is 0 Å². The Morgan fingerprint density at radius 3 is 2.50 bits per heavy atom. The van der Waals surface area contributed by atoms with Gasteiger partial charge in [-0.3, -0.25) is 4.79 Å². The number of carbonyl (C=O) groups is 1. The number of fused-ring (bicyclic) bond motifs is 2. The summed E-state index contributed by atoms with van der Waals surface area (Å²) < 4.78 is 5.69. The first-order chi connectivity index (χ1) is 15.3. The SMILES string of the molecule is Cc1nc(NC2(C)CC2)c2c(C(=O)N3CCc4c(ncnc4NC4(C)CC4)C3)coc2n1. The zero-order valence-corrected chi connectivity index (χ0v) is 18.7. The van der Waals surface area contributed by atoms with Crippen molar-refractivity contribution in [3.63, 3.8) is 0 Å². The highest BCUT2D eigenvalue weighted by Crippen LogP contribution is 2.41. The third-order valence-corrected chi connectivity index (χ3v) is 6.91. The van der Waals surface area contributed by atoms with Gasteiger partial charge in [0.15, 0.2) is 0 Å². The van der Waals surface area contributed by atoms with Crippen molar-refractivity contribution in [1.82, 2.24) is 24.8 Å². The van der Waals surface area contributed by atoms with Gasteiger partial charge < -0.3 is 20.0 Å². The number of hydrogen-bond acceptors (Lipinski definition) is 8. The Labute approximate surface area is 186 Å². The second-order valence-electron chi connectivity index (χ2n) is 9.94. The van der Waals surface area contributed by atoms with E-state index >= 15 is 0 Å². The van der Waals surface area contributed by atoms with Gasteiger partial charge in [-0.05, 0) is 52.9 Å². The molecule has 2 N–H and O–H groups in total. The number of rotatable bonds is 5. The number of nitrogens with one attached hydrogen (secondary N) is 2. The molecule has 32 heavy (non-hydrogen) atoms. The second-order valence-corrected chi connectivity index (χ2v) is 9.94. The van der Waals surface area contributed by atoms with Crippen molar-refractivity contribution in [3.05, 3.63) is 35.2 Å². The molecule has 3 aliphatic rings. The van der Waals surface area contributed by atoms with Crippen molar-refractivity contribution in [2.45, 2.75) is 70.5 Å². The monoisotopic (exact) mass is 433 g/mol.